The van der Waals surface area contributed by atoms with E-state index in [0.29, 0.717) is 23.7 Å². The van der Waals surface area contributed by atoms with Crippen LogP contribution in [0.1, 0.15) is 63.0 Å². The highest BCUT2D eigenvalue weighted by atomic mass is 19.2. The summed E-state index contributed by atoms with van der Waals surface area (Å²) in [7, 11) is 0. The number of benzene rings is 2. The maximum Gasteiger partial charge on any atom is 0.314 e. The molecule has 4 rings (SSSR count). The van der Waals surface area contributed by atoms with Crippen molar-refractivity contribution in [3.05, 3.63) is 64.4 Å². The van der Waals surface area contributed by atoms with Crippen LogP contribution in [0.3, 0.4) is 0 Å². The fraction of sp³-hybridized carbons (Fsp3) is 0.423. The van der Waals surface area contributed by atoms with Crippen LogP contribution < -0.4 is 0 Å². The third-order valence-electron chi connectivity index (χ3n) is 6.61. The van der Waals surface area contributed by atoms with Gasteiger partial charge in [0.2, 0.25) is 0 Å². The van der Waals surface area contributed by atoms with E-state index in [1.54, 1.807) is 0 Å². The molecule has 170 valence electrons. The van der Waals surface area contributed by atoms with E-state index in [-0.39, 0.29) is 35.0 Å². The maximum atomic E-state index is 15.1. The molecule has 2 aromatic carbocycles. The van der Waals surface area contributed by atoms with Crippen LogP contribution in [0.25, 0.3) is 17.2 Å². The average Bonchev–Trinajstić information content (AvgIpc) is 2.76. The van der Waals surface area contributed by atoms with Crippen molar-refractivity contribution >= 4 is 12.0 Å². The Bertz CT molecular complexity index is 1050. The standard InChI is InChI=1S/C26H26F4O2/c1-2-3-15-4-6-16(7-5-15)26(31)32-19-9-10-20-18(12-19)14-23(29)24(25(20)30)17-8-11-21(27)22(28)13-17/h8,11-16H,2-7,9-10H2,1H3. The van der Waals surface area contributed by atoms with Crippen molar-refractivity contribution < 1.29 is 27.1 Å². The molecule has 0 bridgehead atoms. The molecule has 2 nitrogen and oxygen atoms in total. The second-order valence-corrected chi connectivity index (χ2v) is 8.78. The van der Waals surface area contributed by atoms with Gasteiger partial charge in [-0.1, -0.05) is 25.8 Å². The van der Waals surface area contributed by atoms with Crippen LogP contribution in [0.5, 0.6) is 0 Å². The van der Waals surface area contributed by atoms with Crippen molar-refractivity contribution in [2.45, 2.75) is 58.3 Å². The van der Waals surface area contributed by atoms with Gasteiger partial charge in [-0.05, 0) is 79.0 Å². The zero-order chi connectivity index (χ0) is 22.8. The second kappa shape index (κ2) is 9.47. The number of ether oxygens (including phenoxy) is 1. The first-order chi connectivity index (χ1) is 15.4. The molecule has 0 radical (unpaired) electrons. The summed E-state index contributed by atoms with van der Waals surface area (Å²) in [5, 5.41) is 0. The minimum atomic E-state index is -1.17. The quantitative estimate of drug-likeness (QED) is 0.355. The number of fused-ring (bicyclic) bond motifs is 1. The second-order valence-electron chi connectivity index (χ2n) is 8.78. The summed E-state index contributed by atoms with van der Waals surface area (Å²) in [6, 6.07) is 3.92. The van der Waals surface area contributed by atoms with Crippen molar-refractivity contribution in [2.24, 2.45) is 11.8 Å². The van der Waals surface area contributed by atoms with Gasteiger partial charge in [-0.2, -0.15) is 0 Å². The van der Waals surface area contributed by atoms with Crippen molar-refractivity contribution in [3.8, 4) is 11.1 Å². The highest BCUT2D eigenvalue weighted by molar-refractivity contribution is 5.76. The molecular weight excluding hydrogens is 420 g/mol. The molecule has 0 aliphatic heterocycles. The van der Waals surface area contributed by atoms with E-state index in [0.717, 1.165) is 56.4 Å². The van der Waals surface area contributed by atoms with Crippen molar-refractivity contribution in [3.63, 3.8) is 0 Å². The van der Waals surface area contributed by atoms with E-state index in [1.807, 2.05) is 0 Å². The molecule has 2 aliphatic rings. The topological polar surface area (TPSA) is 26.3 Å². The fourth-order valence-corrected chi connectivity index (χ4v) is 4.86. The molecule has 2 aliphatic carbocycles. The summed E-state index contributed by atoms with van der Waals surface area (Å²) in [5.41, 5.74) is 0.111. The lowest BCUT2D eigenvalue weighted by atomic mass is 9.80. The van der Waals surface area contributed by atoms with Gasteiger partial charge in [0.25, 0.3) is 0 Å². The van der Waals surface area contributed by atoms with Gasteiger partial charge in [0.05, 0.1) is 11.5 Å². The molecule has 0 N–H and O–H groups in total. The van der Waals surface area contributed by atoms with Gasteiger partial charge in [-0.15, -0.1) is 0 Å². The number of carbonyl (C=O) groups is 1. The summed E-state index contributed by atoms with van der Waals surface area (Å²) in [6.07, 6.45) is 8.05. The van der Waals surface area contributed by atoms with Crippen LogP contribution in [0.4, 0.5) is 17.6 Å². The van der Waals surface area contributed by atoms with Crippen LogP contribution >= 0.6 is 0 Å². The molecule has 0 atom stereocenters. The molecule has 0 spiro atoms. The Labute approximate surface area is 185 Å². The molecule has 6 heteroatoms. The predicted octanol–water partition coefficient (Wildman–Crippen LogP) is 7.35. The lowest BCUT2D eigenvalue weighted by molar-refractivity contribution is -0.145. The van der Waals surface area contributed by atoms with Gasteiger partial charge in [-0.25, -0.2) is 17.6 Å². The van der Waals surface area contributed by atoms with E-state index >= 15 is 4.39 Å². The smallest absolute Gasteiger partial charge is 0.314 e. The average molecular weight is 446 g/mol. The third-order valence-corrected chi connectivity index (χ3v) is 6.61. The van der Waals surface area contributed by atoms with E-state index in [4.69, 9.17) is 4.74 Å². The number of hydrogen-bond donors (Lipinski definition) is 0. The molecule has 0 aromatic heterocycles. The van der Waals surface area contributed by atoms with Gasteiger partial charge >= 0.3 is 5.97 Å². The van der Waals surface area contributed by atoms with Crippen LogP contribution in [-0.2, 0) is 16.0 Å². The minimum absolute atomic E-state index is 0.0680. The van der Waals surface area contributed by atoms with E-state index in [9.17, 15) is 18.0 Å². The lowest BCUT2D eigenvalue weighted by Crippen LogP contribution is -2.24. The summed E-state index contributed by atoms with van der Waals surface area (Å²) >= 11 is 0. The van der Waals surface area contributed by atoms with Crippen molar-refractivity contribution in [2.75, 3.05) is 0 Å². The number of allylic oxidation sites excluding steroid dienone is 1. The molecule has 0 heterocycles. The van der Waals surface area contributed by atoms with Gasteiger partial charge in [0, 0.05) is 6.42 Å². The first kappa shape index (κ1) is 22.6. The summed E-state index contributed by atoms with van der Waals surface area (Å²) in [4.78, 5) is 12.6. The summed E-state index contributed by atoms with van der Waals surface area (Å²) < 4.78 is 62.2. The highest BCUT2D eigenvalue weighted by Gasteiger charge is 2.29. The number of halogens is 4. The maximum absolute atomic E-state index is 15.1. The summed E-state index contributed by atoms with van der Waals surface area (Å²) in [6.45, 7) is 2.17. The Kier molecular flexibility index (Phi) is 6.68. The summed E-state index contributed by atoms with van der Waals surface area (Å²) in [5.74, 6) is -3.26. The van der Waals surface area contributed by atoms with Crippen LogP contribution in [0.15, 0.2) is 30.0 Å². The fourth-order valence-electron chi connectivity index (χ4n) is 4.86. The van der Waals surface area contributed by atoms with E-state index in [1.165, 1.54) is 12.5 Å². The molecule has 1 fully saturated rings. The minimum Gasteiger partial charge on any atom is -0.431 e. The monoisotopic (exact) mass is 446 g/mol. The zero-order valence-corrected chi connectivity index (χ0v) is 18.0. The molecule has 1 saturated carbocycles. The molecule has 2 aromatic rings. The number of rotatable bonds is 5. The molecular formula is C26H26F4O2. The van der Waals surface area contributed by atoms with Crippen LogP contribution in [0, 0.1) is 35.1 Å². The molecule has 32 heavy (non-hydrogen) atoms. The third kappa shape index (κ3) is 4.59. The van der Waals surface area contributed by atoms with Crippen molar-refractivity contribution in [1.82, 2.24) is 0 Å². The number of carbonyl (C=O) groups excluding carboxylic acids is 1. The SMILES string of the molecule is CCCC1CCC(C(=O)OC2=Cc3cc(F)c(-c4ccc(F)c(F)c4)c(F)c3CC2)CC1. The Balaban J connectivity index is 1.51. The van der Waals surface area contributed by atoms with Crippen LogP contribution in [-0.4, -0.2) is 5.97 Å². The normalized spacial score (nSPS) is 20.5. The predicted molar refractivity (Wildman–Crippen MR) is 114 cm³/mol. The first-order valence-corrected chi connectivity index (χ1v) is 11.3. The van der Waals surface area contributed by atoms with Gasteiger partial charge < -0.3 is 4.74 Å². The van der Waals surface area contributed by atoms with Gasteiger partial charge in [0.15, 0.2) is 11.6 Å². The largest absolute Gasteiger partial charge is 0.431 e. The van der Waals surface area contributed by atoms with Gasteiger partial charge in [0.1, 0.15) is 17.4 Å². The molecule has 0 amide bonds. The molecule has 0 unspecified atom stereocenters. The van der Waals surface area contributed by atoms with E-state index in [2.05, 4.69) is 6.92 Å². The van der Waals surface area contributed by atoms with Crippen LogP contribution in [0.2, 0.25) is 0 Å². The Morgan fingerprint density at radius 2 is 1.72 bits per heavy atom. The van der Waals surface area contributed by atoms with Crippen molar-refractivity contribution in [1.29, 1.82) is 0 Å². The Morgan fingerprint density at radius 3 is 2.41 bits per heavy atom. The molecule has 0 saturated heterocycles. The van der Waals surface area contributed by atoms with Gasteiger partial charge in [-0.3, -0.25) is 4.79 Å². The number of esters is 1. The van der Waals surface area contributed by atoms with E-state index < -0.39 is 23.3 Å². The highest BCUT2D eigenvalue weighted by Crippen LogP contribution is 2.37. The zero-order valence-electron chi connectivity index (χ0n) is 18.0. The first-order valence-electron chi connectivity index (χ1n) is 11.3. The Morgan fingerprint density at radius 1 is 0.969 bits per heavy atom. The number of hydrogen-bond acceptors (Lipinski definition) is 2. The lowest BCUT2D eigenvalue weighted by Gasteiger charge is -2.27. The Hall–Kier alpha value is -2.63.